The van der Waals surface area contributed by atoms with Crippen LogP contribution in [0, 0.1) is 5.82 Å². The molecule has 0 unspecified atom stereocenters. The molecule has 1 heterocycles. The van der Waals surface area contributed by atoms with Crippen molar-refractivity contribution in [2.24, 2.45) is 0 Å². The average molecular weight is 388 g/mol. The number of aromatic nitrogens is 2. The van der Waals surface area contributed by atoms with E-state index in [0.29, 0.717) is 5.56 Å². The fourth-order valence-electron chi connectivity index (χ4n) is 2.02. The third-order valence-corrected chi connectivity index (χ3v) is 4.68. The standard InChI is InChI=1S/C15H8F4N2O4S/c16-10-4-5-12(13(7-10)26(22,23)15(17,18)19)25-11-3-1-2-9(6-11)14-21-20-8-24-14/h1-8H. The lowest BCUT2D eigenvalue weighted by molar-refractivity contribution is -0.0437. The van der Waals surface area contributed by atoms with Gasteiger partial charge in [0.05, 0.1) is 0 Å². The van der Waals surface area contributed by atoms with Crippen molar-refractivity contribution < 1.29 is 35.1 Å². The van der Waals surface area contributed by atoms with Crippen LogP contribution < -0.4 is 4.74 Å². The minimum Gasteiger partial charge on any atom is -0.456 e. The number of halogens is 4. The van der Waals surface area contributed by atoms with Crippen molar-refractivity contribution in [2.45, 2.75) is 10.4 Å². The molecule has 0 aliphatic heterocycles. The van der Waals surface area contributed by atoms with Gasteiger partial charge in [-0.05, 0) is 36.4 Å². The highest BCUT2D eigenvalue weighted by molar-refractivity contribution is 7.92. The number of hydrogen-bond acceptors (Lipinski definition) is 6. The Morgan fingerprint density at radius 2 is 1.85 bits per heavy atom. The van der Waals surface area contributed by atoms with E-state index in [1.165, 1.54) is 18.2 Å². The minimum atomic E-state index is -5.81. The maximum absolute atomic E-state index is 13.3. The van der Waals surface area contributed by atoms with E-state index in [0.717, 1.165) is 18.5 Å². The summed E-state index contributed by atoms with van der Waals surface area (Å²) in [4.78, 5) is -1.33. The largest absolute Gasteiger partial charge is 0.502 e. The predicted octanol–water partition coefficient (Wildman–Crippen LogP) is 3.96. The third-order valence-electron chi connectivity index (χ3n) is 3.17. The van der Waals surface area contributed by atoms with Crippen molar-refractivity contribution in [2.75, 3.05) is 0 Å². The van der Waals surface area contributed by atoms with Gasteiger partial charge in [-0.1, -0.05) is 6.07 Å². The van der Waals surface area contributed by atoms with Gasteiger partial charge in [0, 0.05) is 5.56 Å². The summed E-state index contributed by atoms with van der Waals surface area (Å²) < 4.78 is 85.4. The van der Waals surface area contributed by atoms with Crippen LogP contribution in [0.3, 0.4) is 0 Å². The summed E-state index contributed by atoms with van der Waals surface area (Å²) in [6.45, 7) is 0. The van der Waals surface area contributed by atoms with Gasteiger partial charge in [0.2, 0.25) is 12.3 Å². The molecule has 0 aliphatic carbocycles. The molecule has 3 rings (SSSR count). The van der Waals surface area contributed by atoms with Gasteiger partial charge in [-0.2, -0.15) is 13.2 Å². The van der Waals surface area contributed by atoms with Gasteiger partial charge in [0.15, 0.2) is 0 Å². The molecule has 0 amide bonds. The second-order valence-corrected chi connectivity index (χ2v) is 6.82. The molecular formula is C15H8F4N2O4S. The number of alkyl halides is 3. The Labute approximate surface area is 144 Å². The quantitative estimate of drug-likeness (QED) is 0.629. The summed E-state index contributed by atoms with van der Waals surface area (Å²) in [5.74, 6) is -1.71. The van der Waals surface area contributed by atoms with Gasteiger partial charge in [0.1, 0.15) is 22.2 Å². The molecule has 136 valence electrons. The fraction of sp³-hybridized carbons (Fsp3) is 0.0667. The second-order valence-electron chi connectivity index (χ2n) is 4.91. The van der Waals surface area contributed by atoms with E-state index in [9.17, 15) is 26.0 Å². The number of benzene rings is 2. The maximum Gasteiger partial charge on any atom is 0.502 e. The van der Waals surface area contributed by atoms with Crippen LogP contribution in [0.15, 0.2) is 58.2 Å². The van der Waals surface area contributed by atoms with Gasteiger partial charge < -0.3 is 9.15 Å². The third kappa shape index (κ3) is 3.38. The van der Waals surface area contributed by atoms with E-state index < -0.39 is 31.8 Å². The number of hydrogen-bond donors (Lipinski definition) is 0. The Hall–Kier alpha value is -2.95. The lowest BCUT2D eigenvalue weighted by Gasteiger charge is -2.14. The Kier molecular flexibility index (Phi) is 4.40. The van der Waals surface area contributed by atoms with E-state index in [2.05, 4.69) is 10.2 Å². The Balaban J connectivity index is 2.03. The van der Waals surface area contributed by atoms with Crippen LogP contribution in [0.1, 0.15) is 0 Å². The number of rotatable bonds is 4. The lowest BCUT2D eigenvalue weighted by Crippen LogP contribution is -2.23. The molecule has 11 heteroatoms. The van der Waals surface area contributed by atoms with Gasteiger partial charge in [0.25, 0.3) is 9.84 Å². The topological polar surface area (TPSA) is 82.3 Å². The van der Waals surface area contributed by atoms with E-state index in [1.54, 1.807) is 6.07 Å². The first kappa shape index (κ1) is 17.9. The highest BCUT2D eigenvalue weighted by Crippen LogP contribution is 2.38. The summed E-state index contributed by atoms with van der Waals surface area (Å²) in [5, 5.41) is 7.16. The SMILES string of the molecule is O=S(=O)(c1cc(F)ccc1Oc1cccc(-c2nnco2)c1)C(F)(F)F. The molecule has 2 aromatic carbocycles. The summed E-state index contributed by atoms with van der Waals surface area (Å²) in [6, 6.07) is 7.60. The van der Waals surface area contributed by atoms with Gasteiger partial charge in [-0.3, -0.25) is 0 Å². The molecule has 1 aromatic heterocycles. The Bertz CT molecular complexity index is 1030. The van der Waals surface area contributed by atoms with Crippen LogP contribution in [0.5, 0.6) is 11.5 Å². The monoisotopic (exact) mass is 388 g/mol. The predicted molar refractivity (Wildman–Crippen MR) is 79.4 cm³/mol. The molecule has 0 atom stereocenters. The average Bonchev–Trinajstić information content (AvgIpc) is 3.10. The molecule has 0 radical (unpaired) electrons. The molecular weight excluding hydrogens is 380 g/mol. The lowest BCUT2D eigenvalue weighted by atomic mass is 10.2. The van der Waals surface area contributed by atoms with E-state index in [1.807, 2.05) is 0 Å². The number of ether oxygens (including phenoxy) is 1. The molecule has 0 saturated carbocycles. The van der Waals surface area contributed by atoms with Crippen molar-refractivity contribution >= 4 is 9.84 Å². The van der Waals surface area contributed by atoms with E-state index in [4.69, 9.17) is 9.15 Å². The van der Waals surface area contributed by atoms with Crippen LogP contribution in [-0.4, -0.2) is 24.1 Å². The number of nitrogens with zero attached hydrogens (tertiary/aromatic N) is 2. The highest BCUT2D eigenvalue weighted by Gasteiger charge is 2.48. The van der Waals surface area contributed by atoms with Gasteiger partial charge in [-0.15, -0.1) is 10.2 Å². The van der Waals surface area contributed by atoms with Gasteiger partial charge >= 0.3 is 5.51 Å². The number of sulfone groups is 1. The van der Waals surface area contributed by atoms with Crippen molar-refractivity contribution in [1.82, 2.24) is 10.2 Å². The summed E-state index contributed by atoms with van der Waals surface area (Å²) in [5.41, 5.74) is -5.22. The van der Waals surface area contributed by atoms with Crippen molar-refractivity contribution in [1.29, 1.82) is 0 Å². The normalized spacial score (nSPS) is 12.2. The second kappa shape index (κ2) is 6.41. The molecule has 26 heavy (non-hydrogen) atoms. The van der Waals surface area contributed by atoms with E-state index >= 15 is 0 Å². The van der Waals surface area contributed by atoms with Crippen LogP contribution in [0.25, 0.3) is 11.5 Å². The molecule has 0 spiro atoms. The molecule has 0 aliphatic rings. The zero-order chi connectivity index (χ0) is 18.9. The highest BCUT2D eigenvalue weighted by atomic mass is 32.2. The van der Waals surface area contributed by atoms with Crippen LogP contribution in [-0.2, 0) is 9.84 Å². The first-order valence-electron chi connectivity index (χ1n) is 6.84. The van der Waals surface area contributed by atoms with Crippen LogP contribution in [0.2, 0.25) is 0 Å². The zero-order valence-electron chi connectivity index (χ0n) is 12.6. The first-order valence-corrected chi connectivity index (χ1v) is 8.32. The van der Waals surface area contributed by atoms with Crippen molar-refractivity contribution in [3.8, 4) is 23.0 Å². The molecule has 3 aromatic rings. The minimum absolute atomic E-state index is 0.00840. The molecule has 0 N–H and O–H groups in total. The summed E-state index contributed by atoms with van der Waals surface area (Å²) >= 11 is 0. The van der Waals surface area contributed by atoms with Gasteiger partial charge in [-0.25, -0.2) is 12.8 Å². The maximum atomic E-state index is 13.3. The summed E-state index contributed by atoms with van der Waals surface area (Å²) in [7, 11) is -5.81. The van der Waals surface area contributed by atoms with E-state index in [-0.39, 0.29) is 17.7 Å². The zero-order valence-corrected chi connectivity index (χ0v) is 13.4. The smallest absolute Gasteiger partial charge is 0.456 e. The Morgan fingerprint density at radius 3 is 2.50 bits per heavy atom. The first-order chi connectivity index (χ1) is 12.2. The molecule has 0 fully saturated rings. The molecule has 6 nitrogen and oxygen atoms in total. The molecule has 0 saturated heterocycles. The van der Waals surface area contributed by atoms with Crippen LogP contribution in [0.4, 0.5) is 17.6 Å². The molecule has 0 bridgehead atoms. The Morgan fingerprint density at radius 1 is 1.08 bits per heavy atom. The summed E-state index contributed by atoms with van der Waals surface area (Å²) in [6.07, 6.45) is 1.08. The van der Waals surface area contributed by atoms with Crippen molar-refractivity contribution in [3.63, 3.8) is 0 Å². The van der Waals surface area contributed by atoms with Crippen molar-refractivity contribution in [3.05, 3.63) is 54.7 Å². The van der Waals surface area contributed by atoms with Crippen LogP contribution >= 0.6 is 0 Å². The fourth-order valence-corrected chi connectivity index (χ4v) is 2.91.